The van der Waals surface area contributed by atoms with Gasteiger partial charge in [-0.25, -0.2) is 4.79 Å². The molecular weight excluding hydrogens is 434 g/mol. The van der Waals surface area contributed by atoms with E-state index in [2.05, 4.69) is 0 Å². The summed E-state index contributed by atoms with van der Waals surface area (Å²) in [4.78, 5) is 38.7. The van der Waals surface area contributed by atoms with Crippen molar-refractivity contribution in [2.24, 2.45) is 0 Å². The first-order valence-corrected chi connectivity index (χ1v) is 10.6. The molecule has 1 aliphatic rings. The highest BCUT2D eigenvalue weighted by Crippen LogP contribution is 2.33. The molecular formula is C24H16ClNO4S. The van der Waals surface area contributed by atoms with E-state index in [1.807, 2.05) is 12.1 Å². The van der Waals surface area contributed by atoms with E-state index >= 15 is 0 Å². The Morgan fingerprint density at radius 2 is 1.71 bits per heavy atom. The molecule has 0 unspecified atom stereocenters. The van der Waals surface area contributed by atoms with Gasteiger partial charge in [0, 0.05) is 5.02 Å². The number of hydrogen-bond acceptors (Lipinski definition) is 5. The monoisotopic (exact) mass is 449 g/mol. The van der Waals surface area contributed by atoms with Crippen LogP contribution in [0, 0.1) is 0 Å². The van der Waals surface area contributed by atoms with Crippen LogP contribution in [0.15, 0.2) is 83.8 Å². The first-order valence-electron chi connectivity index (χ1n) is 9.37. The third-order valence-corrected chi connectivity index (χ3v) is 5.64. The van der Waals surface area contributed by atoms with Crippen LogP contribution in [0.3, 0.4) is 0 Å². The summed E-state index contributed by atoms with van der Waals surface area (Å²) in [5, 5.41) is 0.220. The summed E-state index contributed by atoms with van der Waals surface area (Å²) < 4.78 is 5.35. The number of esters is 1. The molecule has 1 heterocycles. The molecule has 0 aromatic heterocycles. The second-order valence-corrected chi connectivity index (χ2v) is 8.15. The number of carbonyl (C=O) groups is 3. The summed E-state index contributed by atoms with van der Waals surface area (Å²) >= 11 is 6.87. The van der Waals surface area contributed by atoms with Gasteiger partial charge in [0.2, 0.25) is 0 Å². The van der Waals surface area contributed by atoms with Gasteiger partial charge in [0.25, 0.3) is 11.1 Å². The molecule has 0 aliphatic carbocycles. The highest BCUT2D eigenvalue weighted by Gasteiger charge is 2.35. The highest BCUT2D eigenvalue weighted by atomic mass is 35.5. The number of carbonyl (C=O) groups excluding carboxylic acids is 3. The first kappa shape index (κ1) is 20.9. The van der Waals surface area contributed by atoms with Gasteiger partial charge in [-0.3, -0.25) is 14.5 Å². The van der Waals surface area contributed by atoms with Crippen LogP contribution in [0.2, 0.25) is 5.02 Å². The molecule has 1 saturated heterocycles. The molecule has 0 bridgehead atoms. The van der Waals surface area contributed by atoms with Gasteiger partial charge in [-0.1, -0.05) is 54.1 Å². The van der Waals surface area contributed by atoms with Crippen molar-refractivity contribution >= 4 is 46.6 Å². The van der Waals surface area contributed by atoms with Crippen LogP contribution in [-0.4, -0.2) is 22.0 Å². The molecule has 0 atom stereocenters. The topological polar surface area (TPSA) is 63.7 Å². The molecule has 3 aromatic carbocycles. The Bertz CT molecular complexity index is 1180. The molecule has 3 aromatic rings. The number of nitrogens with zero attached hydrogens (tertiary/aromatic N) is 1. The predicted octanol–water partition coefficient (Wildman–Crippen LogP) is 5.80. The quantitative estimate of drug-likeness (QED) is 0.280. The van der Waals surface area contributed by atoms with Gasteiger partial charge in [-0.05, 0) is 65.4 Å². The van der Waals surface area contributed by atoms with Crippen LogP contribution in [-0.2, 0) is 11.3 Å². The molecule has 0 N–H and O–H groups in total. The van der Waals surface area contributed by atoms with Crippen molar-refractivity contribution < 1.29 is 19.1 Å². The van der Waals surface area contributed by atoms with Crippen LogP contribution in [0.1, 0.15) is 21.5 Å². The van der Waals surface area contributed by atoms with E-state index in [0.717, 1.165) is 17.3 Å². The lowest BCUT2D eigenvalue weighted by Gasteiger charge is -2.12. The van der Waals surface area contributed by atoms with Crippen LogP contribution in [0.25, 0.3) is 6.08 Å². The summed E-state index contributed by atoms with van der Waals surface area (Å²) in [6.45, 7) is 0.164. The van der Waals surface area contributed by atoms with Gasteiger partial charge in [0.05, 0.1) is 17.0 Å². The molecule has 5 nitrogen and oxygen atoms in total. The van der Waals surface area contributed by atoms with Gasteiger partial charge in [0.1, 0.15) is 5.75 Å². The van der Waals surface area contributed by atoms with Gasteiger partial charge in [-0.2, -0.15) is 0 Å². The van der Waals surface area contributed by atoms with E-state index in [4.69, 9.17) is 16.3 Å². The molecule has 2 amide bonds. The van der Waals surface area contributed by atoms with E-state index < -0.39 is 5.97 Å². The second-order valence-electron chi connectivity index (χ2n) is 6.72. The van der Waals surface area contributed by atoms with Crippen molar-refractivity contribution in [2.45, 2.75) is 6.54 Å². The number of imide groups is 1. The standard InChI is InChI=1S/C24H16ClNO4S/c25-19-8-4-5-17(13-19)15-26-22(27)21(31-24(26)29)14-16-9-11-20(12-10-16)30-23(28)18-6-2-1-3-7-18/h1-14H,15H2/b21-14-. The fourth-order valence-electron chi connectivity index (χ4n) is 2.98. The van der Waals surface area contributed by atoms with Crippen molar-refractivity contribution in [2.75, 3.05) is 0 Å². The summed E-state index contributed by atoms with van der Waals surface area (Å²) in [6, 6.07) is 22.5. The SMILES string of the molecule is O=C(Oc1ccc(/C=C2\SC(=O)N(Cc3cccc(Cl)c3)C2=O)cc1)c1ccccc1. The molecule has 0 saturated carbocycles. The Balaban J connectivity index is 1.44. The van der Waals surface area contributed by atoms with E-state index in [1.165, 1.54) is 4.90 Å². The average molecular weight is 450 g/mol. The van der Waals surface area contributed by atoms with E-state index in [1.54, 1.807) is 72.8 Å². The van der Waals surface area contributed by atoms with Crippen molar-refractivity contribution in [3.05, 3.63) is 105 Å². The largest absolute Gasteiger partial charge is 0.423 e. The Labute approximate surface area is 188 Å². The molecule has 31 heavy (non-hydrogen) atoms. The first-order chi connectivity index (χ1) is 15.0. The smallest absolute Gasteiger partial charge is 0.343 e. The Morgan fingerprint density at radius 3 is 2.42 bits per heavy atom. The van der Waals surface area contributed by atoms with Crippen LogP contribution in [0.5, 0.6) is 5.75 Å². The van der Waals surface area contributed by atoms with Gasteiger partial charge in [-0.15, -0.1) is 0 Å². The molecule has 0 spiro atoms. The molecule has 7 heteroatoms. The lowest BCUT2D eigenvalue weighted by Crippen LogP contribution is -2.27. The number of hydrogen-bond donors (Lipinski definition) is 0. The van der Waals surface area contributed by atoms with Crippen molar-refractivity contribution in [3.63, 3.8) is 0 Å². The zero-order valence-electron chi connectivity index (χ0n) is 16.2. The van der Waals surface area contributed by atoms with E-state index in [-0.39, 0.29) is 17.7 Å². The zero-order chi connectivity index (χ0) is 21.8. The fraction of sp³-hybridized carbons (Fsp3) is 0.0417. The maximum absolute atomic E-state index is 12.7. The molecule has 1 aliphatic heterocycles. The maximum Gasteiger partial charge on any atom is 0.343 e. The average Bonchev–Trinajstić information content (AvgIpc) is 3.03. The lowest BCUT2D eigenvalue weighted by atomic mass is 10.2. The van der Waals surface area contributed by atoms with Crippen LogP contribution < -0.4 is 4.74 Å². The summed E-state index contributed by atoms with van der Waals surface area (Å²) in [5.74, 6) is -0.412. The van der Waals surface area contributed by atoms with Crippen LogP contribution >= 0.6 is 23.4 Å². The maximum atomic E-state index is 12.7. The third-order valence-electron chi connectivity index (χ3n) is 4.50. The van der Waals surface area contributed by atoms with Crippen molar-refractivity contribution in [1.82, 2.24) is 4.90 Å². The third kappa shape index (κ3) is 5.05. The highest BCUT2D eigenvalue weighted by molar-refractivity contribution is 8.18. The fourth-order valence-corrected chi connectivity index (χ4v) is 4.03. The second kappa shape index (κ2) is 9.20. The van der Waals surface area contributed by atoms with Gasteiger partial charge >= 0.3 is 5.97 Å². The molecule has 4 rings (SSSR count). The minimum absolute atomic E-state index is 0.164. The molecule has 154 valence electrons. The zero-order valence-corrected chi connectivity index (χ0v) is 17.7. The lowest BCUT2D eigenvalue weighted by molar-refractivity contribution is -0.123. The summed E-state index contributed by atoms with van der Waals surface area (Å²) in [6.07, 6.45) is 1.64. The Hall–Kier alpha value is -3.35. The number of thioether (sulfide) groups is 1. The molecule has 0 radical (unpaired) electrons. The number of halogens is 1. The van der Waals surface area contributed by atoms with Crippen molar-refractivity contribution in [3.8, 4) is 5.75 Å². The minimum Gasteiger partial charge on any atom is -0.423 e. The number of benzene rings is 3. The predicted molar refractivity (Wildman–Crippen MR) is 121 cm³/mol. The van der Waals surface area contributed by atoms with Gasteiger partial charge in [0.15, 0.2) is 0 Å². The number of rotatable bonds is 5. The van der Waals surface area contributed by atoms with E-state index in [0.29, 0.717) is 26.8 Å². The normalized spacial score (nSPS) is 14.9. The summed E-state index contributed by atoms with van der Waals surface area (Å²) in [5.41, 5.74) is 1.95. The minimum atomic E-state index is -0.449. The van der Waals surface area contributed by atoms with E-state index in [9.17, 15) is 14.4 Å². The number of amides is 2. The number of ether oxygens (including phenoxy) is 1. The Kier molecular flexibility index (Phi) is 6.21. The van der Waals surface area contributed by atoms with Crippen molar-refractivity contribution in [1.29, 1.82) is 0 Å². The van der Waals surface area contributed by atoms with Gasteiger partial charge < -0.3 is 4.74 Å². The van der Waals surface area contributed by atoms with Crippen LogP contribution in [0.4, 0.5) is 4.79 Å². The summed E-state index contributed by atoms with van der Waals surface area (Å²) in [7, 11) is 0. The Morgan fingerprint density at radius 1 is 0.968 bits per heavy atom. The molecule has 1 fully saturated rings.